The maximum absolute atomic E-state index is 12.4. The van der Waals surface area contributed by atoms with E-state index in [0.29, 0.717) is 11.3 Å². The highest BCUT2D eigenvalue weighted by molar-refractivity contribution is 6.00. The van der Waals surface area contributed by atoms with Gasteiger partial charge in [-0.3, -0.25) is 9.59 Å². The predicted octanol–water partition coefficient (Wildman–Crippen LogP) is 1.39. The number of nitrogens with zero attached hydrogens (tertiary/aromatic N) is 1. The van der Waals surface area contributed by atoms with Gasteiger partial charge in [-0.05, 0) is 22.9 Å². The highest BCUT2D eigenvalue weighted by Gasteiger charge is 2.20. The van der Waals surface area contributed by atoms with E-state index in [4.69, 9.17) is 5.73 Å². The molecule has 0 saturated carbocycles. The zero-order valence-electron chi connectivity index (χ0n) is 12.3. The zero-order chi connectivity index (χ0) is 16.2. The van der Waals surface area contributed by atoms with Gasteiger partial charge in [0, 0.05) is 18.2 Å². The number of H-pyrrole nitrogens is 1. The van der Waals surface area contributed by atoms with Gasteiger partial charge in [0.05, 0.1) is 12.0 Å². The molecule has 1 heterocycles. The first-order chi connectivity index (χ1) is 11.1. The second-order valence-electron chi connectivity index (χ2n) is 5.26. The van der Waals surface area contributed by atoms with Crippen LogP contribution in [0.2, 0.25) is 0 Å². The van der Waals surface area contributed by atoms with Gasteiger partial charge in [0.1, 0.15) is 6.04 Å². The molecule has 4 N–H and O–H groups in total. The minimum absolute atomic E-state index is 0.248. The molecule has 1 atom stereocenters. The molecular formula is C17H16N4O2. The second-order valence-corrected chi connectivity index (χ2v) is 5.26. The van der Waals surface area contributed by atoms with Crippen molar-refractivity contribution in [3.05, 3.63) is 66.2 Å². The third kappa shape index (κ3) is 3.37. The smallest absolute Gasteiger partial charge is 0.251 e. The topological polar surface area (TPSA) is 101 Å². The number of aromatic amines is 1. The Bertz CT molecular complexity index is 843. The van der Waals surface area contributed by atoms with Crippen LogP contribution in [-0.2, 0) is 11.2 Å². The summed E-state index contributed by atoms with van der Waals surface area (Å²) in [5.41, 5.74) is 6.52. The third-order valence-electron chi connectivity index (χ3n) is 3.63. The number of benzene rings is 2. The van der Waals surface area contributed by atoms with Crippen molar-refractivity contribution in [3.8, 4) is 0 Å². The lowest BCUT2D eigenvalue weighted by molar-refractivity contribution is -0.119. The van der Waals surface area contributed by atoms with Crippen molar-refractivity contribution in [1.82, 2.24) is 15.3 Å². The summed E-state index contributed by atoms with van der Waals surface area (Å²) in [4.78, 5) is 30.8. The molecular weight excluding hydrogens is 292 g/mol. The summed E-state index contributed by atoms with van der Waals surface area (Å²) in [7, 11) is 0. The Labute approximate surface area is 132 Å². The largest absolute Gasteiger partial charge is 0.368 e. The minimum Gasteiger partial charge on any atom is -0.368 e. The third-order valence-corrected chi connectivity index (χ3v) is 3.63. The quantitative estimate of drug-likeness (QED) is 0.664. The van der Waals surface area contributed by atoms with Gasteiger partial charge in [-0.2, -0.15) is 0 Å². The van der Waals surface area contributed by atoms with E-state index in [2.05, 4.69) is 15.3 Å². The number of primary amides is 1. The number of imidazole rings is 1. The molecule has 0 spiro atoms. The van der Waals surface area contributed by atoms with Gasteiger partial charge >= 0.3 is 0 Å². The summed E-state index contributed by atoms with van der Waals surface area (Å²) in [6.45, 7) is 0. The Morgan fingerprint density at radius 3 is 2.65 bits per heavy atom. The van der Waals surface area contributed by atoms with E-state index in [1.165, 1.54) is 6.33 Å². The number of nitrogens with one attached hydrogen (secondary N) is 2. The lowest BCUT2D eigenvalue weighted by atomic mass is 10.1. The summed E-state index contributed by atoms with van der Waals surface area (Å²) < 4.78 is 0. The van der Waals surface area contributed by atoms with E-state index in [-0.39, 0.29) is 12.3 Å². The lowest BCUT2D eigenvalue weighted by Crippen LogP contribution is -2.45. The van der Waals surface area contributed by atoms with Crippen molar-refractivity contribution in [2.24, 2.45) is 5.73 Å². The normalized spacial score (nSPS) is 12.0. The molecule has 0 saturated heterocycles. The number of rotatable bonds is 5. The number of fused-ring (bicyclic) bond motifs is 1. The average molecular weight is 308 g/mol. The van der Waals surface area contributed by atoms with Gasteiger partial charge in [-0.15, -0.1) is 0 Å². The van der Waals surface area contributed by atoms with Gasteiger partial charge in [0.15, 0.2) is 0 Å². The van der Waals surface area contributed by atoms with Crippen LogP contribution in [0.25, 0.3) is 10.8 Å². The summed E-state index contributed by atoms with van der Waals surface area (Å²) in [6.07, 6.45) is 3.43. The van der Waals surface area contributed by atoms with Gasteiger partial charge in [0.2, 0.25) is 5.91 Å². The number of carbonyl (C=O) groups is 2. The molecule has 0 fully saturated rings. The fourth-order valence-corrected chi connectivity index (χ4v) is 2.41. The predicted molar refractivity (Wildman–Crippen MR) is 86.7 cm³/mol. The Balaban J connectivity index is 1.78. The Kier molecular flexibility index (Phi) is 4.05. The summed E-state index contributed by atoms with van der Waals surface area (Å²) in [5.74, 6) is -0.933. The maximum atomic E-state index is 12.4. The highest BCUT2D eigenvalue weighted by atomic mass is 16.2. The standard InChI is InChI=1S/C17H16N4O2/c18-16(22)15(8-14-9-19-10-20-14)21-17(23)13-6-5-11-3-1-2-4-12(11)7-13/h1-7,9-10,15H,8H2,(H2,18,22)(H,19,20)(H,21,23)/t15-/m0/s1. The maximum Gasteiger partial charge on any atom is 0.251 e. The van der Waals surface area contributed by atoms with Crippen LogP contribution in [0.3, 0.4) is 0 Å². The first-order valence-corrected chi connectivity index (χ1v) is 7.20. The van der Waals surface area contributed by atoms with Gasteiger partial charge < -0.3 is 16.0 Å². The van der Waals surface area contributed by atoms with E-state index in [9.17, 15) is 9.59 Å². The van der Waals surface area contributed by atoms with Crippen LogP contribution in [0.15, 0.2) is 55.0 Å². The van der Waals surface area contributed by atoms with Crippen molar-refractivity contribution in [1.29, 1.82) is 0 Å². The SMILES string of the molecule is NC(=O)[C@H](Cc1c[nH]cn1)NC(=O)c1ccc2ccccc2c1. The molecule has 0 radical (unpaired) electrons. The van der Waals surface area contributed by atoms with E-state index in [1.807, 2.05) is 30.3 Å². The number of carbonyl (C=O) groups excluding carboxylic acids is 2. The summed E-state index contributed by atoms with van der Waals surface area (Å²) >= 11 is 0. The first kappa shape index (κ1) is 14.8. The van der Waals surface area contributed by atoms with E-state index >= 15 is 0 Å². The van der Waals surface area contributed by atoms with E-state index < -0.39 is 11.9 Å². The molecule has 23 heavy (non-hydrogen) atoms. The van der Waals surface area contributed by atoms with Crippen LogP contribution in [0.5, 0.6) is 0 Å². The molecule has 0 unspecified atom stereocenters. The molecule has 0 aliphatic carbocycles. The number of nitrogens with two attached hydrogens (primary N) is 1. The van der Waals surface area contributed by atoms with Gasteiger partial charge in [-0.25, -0.2) is 4.98 Å². The average Bonchev–Trinajstić information content (AvgIpc) is 3.06. The van der Waals surface area contributed by atoms with Crippen molar-refractivity contribution < 1.29 is 9.59 Å². The number of amides is 2. The van der Waals surface area contributed by atoms with Crippen LogP contribution in [0.1, 0.15) is 16.1 Å². The van der Waals surface area contributed by atoms with E-state index in [1.54, 1.807) is 18.3 Å². The number of hydrogen-bond donors (Lipinski definition) is 3. The fraction of sp³-hybridized carbons (Fsp3) is 0.118. The number of aromatic nitrogens is 2. The Morgan fingerprint density at radius 1 is 1.17 bits per heavy atom. The zero-order valence-corrected chi connectivity index (χ0v) is 12.3. The molecule has 116 valence electrons. The van der Waals surface area contributed by atoms with Crippen molar-refractivity contribution in [2.75, 3.05) is 0 Å². The monoisotopic (exact) mass is 308 g/mol. The molecule has 0 bridgehead atoms. The van der Waals surface area contributed by atoms with Crippen LogP contribution in [0, 0.1) is 0 Å². The second kappa shape index (κ2) is 6.31. The van der Waals surface area contributed by atoms with Crippen molar-refractivity contribution >= 4 is 22.6 Å². The molecule has 0 aliphatic rings. The molecule has 2 aromatic carbocycles. The number of hydrogen-bond acceptors (Lipinski definition) is 3. The van der Waals surface area contributed by atoms with Crippen LogP contribution in [0.4, 0.5) is 0 Å². The molecule has 6 heteroatoms. The van der Waals surface area contributed by atoms with Crippen LogP contribution < -0.4 is 11.1 Å². The van der Waals surface area contributed by atoms with Gasteiger partial charge in [-0.1, -0.05) is 30.3 Å². The van der Waals surface area contributed by atoms with Gasteiger partial charge in [0.25, 0.3) is 5.91 Å². The van der Waals surface area contributed by atoms with Crippen molar-refractivity contribution in [2.45, 2.75) is 12.5 Å². The van der Waals surface area contributed by atoms with Crippen LogP contribution in [-0.4, -0.2) is 27.8 Å². The first-order valence-electron chi connectivity index (χ1n) is 7.20. The Hall–Kier alpha value is -3.15. The molecule has 1 aromatic heterocycles. The molecule has 2 amide bonds. The summed E-state index contributed by atoms with van der Waals surface area (Å²) in [6, 6.07) is 12.3. The lowest BCUT2D eigenvalue weighted by Gasteiger charge is -2.14. The summed E-state index contributed by atoms with van der Waals surface area (Å²) in [5, 5.41) is 4.68. The minimum atomic E-state index is -0.808. The van der Waals surface area contributed by atoms with E-state index in [0.717, 1.165) is 10.8 Å². The Morgan fingerprint density at radius 2 is 1.96 bits per heavy atom. The fourth-order valence-electron chi connectivity index (χ4n) is 2.41. The molecule has 3 aromatic rings. The molecule has 0 aliphatic heterocycles. The van der Waals surface area contributed by atoms with Crippen LogP contribution >= 0.6 is 0 Å². The molecule has 3 rings (SSSR count). The van der Waals surface area contributed by atoms with Crippen molar-refractivity contribution in [3.63, 3.8) is 0 Å². The highest BCUT2D eigenvalue weighted by Crippen LogP contribution is 2.15. The molecule has 6 nitrogen and oxygen atoms in total.